The number of hydrogen-bond donors (Lipinski definition) is 2. The maximum absolute atomic E-state index is 11.9. The lowest BCUT2D eigenvalue weighted by molar-refractivity contribution is 0.102. The van der Waals surface area contributed by atoms with Crippen LogP contribution in [0, 0.1) is 0 Å². The molecule has 4 nitrogen and oxygen atoms in total. The number of aromatic nitrogens is 1. The number of amides is 1. The summed E-state index contributed by atoms with van der Waals surface area (Å²) in [6.07, 6.45) is 2.70. The van der Waals surface area contributed by atoms with Gasteiger partial charge in [-0.25, -0.2) is 0 Å². The van der Waals surface area contributed by atoms with E-state index in [9.17, 15) is 9.90 Å². The van der Waals surface area contributed by atoms with Crippen molar-refractivity contribution in [2.24, 2.45) is 0 Å². The topological polar surface area (TPSA) is 62.2 Å². The average Bonchev–Trinajstić information content (AvgIpc) is 2.39. The number of benzene rings is 1. The van der Waals surface area contributed by atoms with Crippen LogP contribution < -0.4 is 5.32 Å². The van der Waals surface area contributed by atoms with Crippen LogP contribution >= 0.6 is 0 Å². The molecule has 0 bridgehead atoms. The lowest BCUT2D eigenvalue weighted by atomic mass is 10.0. The molecular weight excluding hydrogens is 240 g/mol. The maximum Gasteiger partial charge on any atom is 0.257 e. The summed E-state index contributed by atoms with van der Waals surface area (Å²) in [5, 5.41) is 12.0. The molecule has 1 heterocycles. The Hall–Kier alpha value is -2.36. The van der Waals surface area contributed by atoms with E-state index in [1.54, 1.807) is 0 Å². The second-order valence-corrected chi connectivity index (χ2v) is 4.66. The van der Waals surface area contributed by atoms with Gasteiger partial charge in [-0.2, -0.15) is 0 Å². The van der Waals surface area contributed by atoms with Crippen molar-refractivity contribution in [1.82, 2.24) is 4.98 Å². The third-order valence-corrected chi connectivity index (χ3v) is 2.82. The van der Waals surface area contributed by atoms with Crippen LogP contribution in [0.4, 0.5) is 5.69 Å². The molecule has 0 aliphatic heterocycles. The molecule has 2 aromatic rings. The summed E-state index contributed by atoms with van der Waals surface area (Å²) in [5.41, 5.74) is 2.27. The Morgan fingerprint density at radius 2 is 1.89 bits per heavy atom. The van der Waals surface area contributed by atoms with E-state index in [-0.39, 0.29) is 11.7 Å². The van der Waals surface area contributed by atoms with Crippen LogP contribution in [0.25, 0.3) is 0 Å². The van der Waals surface area contributed by atoms with Gasteiger partial charge in [0.25, 0.3) is 5.91 Å². The largest absolute Gasteiger partial charge is 0.506 e. The molecular formula is C15H16N2O2. The first kappa shape index (κ1) is 13.1. The molecule has 0 saturated carbocycles. The van der Waals surface area contributed by atoms with Crippen molar-refractivity contribution in [3.63, 3.8) is 0 Å². The molecule has 0 unspecified atom stereocenters. The zero-order chi connectivity index (χ0) is 13.8. The van der Waals surface area contributed by atoms with E-state index in [2.05, 4.69) is 24.1 Å². The normalized spacial score (nSPS) is 10.5. The van der Waals surface area contributed by atoms with Crippen molar-refractivity contribution in [3.05, 3.63) is 53.9 Å². The molecule has 0 radical (unpaired) electrons. The van der Waals surface area contributed by atoms with E-state index in [1.807, 2.05) is 24.3 Å². The standard InChI is InChI=1S/C15H16N2O2/c1-10(2)11-3-5-13(6-4-11)17-15(19)12-7-14(18)9-16-8-12/h3-10,18H,1-2H3,(H,17,19). The number of hydrogen-bond acceptors (Lipinski definition) is 3. The summed E-state index contributed by atoms with van der Waals surface area (Å²) in [5.74, 6) is 0.142. The zero-order valence-corrected chi connectivity index (χ0v) is 10.9. The Morgan fingerprint density at radius 3 is 2.47 bits per heavy atom. The van der Waals surface area contributed by atoms with Gasteiger partial charge < -0.3 is 10.4 Å². The molecule has 0 spiro atoms. The summed E-state index contributed by atoms with van der Waals surface area (Å²) in [4.78, 5) is 15.7. The Bertz CT molecular complexity index is 577. The molecule has 1 amide bonds. The lowest BCUT2D eigenvalue weighted by Crippen LogP contribution is -2.12. The van der Waals surface area contributed by atoms with E-state index in [4.69, 9.17) is 0 Å². The summed E-state index contributed by atoms with van der Waals surface area (Å²) in [6.45, 7) is 4.23. The minimum absolute atomic E-state index is 0.0252. The Morgan fingerprint density at radius 1 is 1.21 bits per heavy atom. The van der Waals surface area contributed by atoms with E-state index >= 15 is 0 Å². The summed E-state index contributed by atoms with van der Waals surface area (Å²) >= 11 is 0. The molecule has 0 fully saturated rings. The van der Waals surface area contributed by atoms with Crippen molar-refractivity contribution in [1.29, 1.82) is 0 Å². The molecule has 1 aromatic heterocycles. The van der Waals surface area contributed by atoms with Crippen LogP contribution in [-0.2, 0) is 0 Å². The van der Waals surface area contributed by atoms with Gasteiger partial charge in [-0.3, -0.25) is 9.78 Å². The van der Waals surface area contributed by atoms with Gasteiger partial charge in [0, 0.05) is 11.9 Å². The van der Waals surface area contributed by atoms with Gasteiger partial charge >= 0.3 is 0 Å². The minimum atomic E-state index is -0.291. The van der Waals surface area contributed by atoms with Crippen molar-refractivity contribution >= 4 is 11.6 Å². The van der Waals surface area contributed by atoms with Gasteiger partial charge in [-0.15, -0.1) is 0 Å². The van der Waals surface area contributed by atoms with Crippen LogP contribution in [-0.4, -0.2) is 16.0 Å². The highest BCUT2D eigenvalue weighted by Crippen LogP contribution is 2.18. The predicted octanol–water partition coefficient (Wildman–Crippen LogP) is 3.16. The number of aromatic hydroxyl groups is 1. The SMILES string of the molecule is CC(C)c1ccc(NC(=O)c2cncc(O)c2)cc1. The van der Waals surface area contributed by atoms with Gasteiger partial charge in [0.1, 0.15) is 5.75 Å². The van der Waals surface area contributed by atoms with E-state index < -0.39 is 0 Å². The molecule has 4 heteroatoms. The molecule has 19 heavy (non-hydrogen) atoms. The zero-order valence-electron chi connectivity index (χ0n) is 10.9. The maximum atomic E-state index is 11.9. The van der Waals surface area contributed by atoms with Crippen LogP contribution in [0.3, 0.4) is 0 Å². The van der Waals surface area contributed by atoms with Crippen LogP contribution in [0.15, 0.2) is 42.7 Å². The van der Waals surface area contributed by atoms with E-state index in [0.29, 0.717) is 11.5 Å². The molecule has 0 aliphatic carbocycles. The highest BCUT2D eigenvalue weighted by Gasteiger charge is 2.07. The molecule has 2 rings (SSSR count). The first-order valence-electron chi connectivity index (χ1n) is 6.11. The highest BCUT2D eigenvalue weighted by atomic mass is 16.3. The van der Waals surface area contributed by atoms with E-state index in [1.165, 1.54) is 24.0 Å². The van der Waals surface area contributed by atoms with Crippen molar-refractivity contribution in [2.45, 2.75) is 19.8 Å². The summed E-state index contributed by atoms with van der Waals surface area (Å²) < 4.78 is 0. The average molecular weight is 256 g/mol. The van der Waals surface area contributed by atoms with Gasteiger partial charge in [-0.1, -0.05) is 26.0 Å². The number of pyridine rings is 1. The number of nitrogens with one attached hydrogen (secondary N) is 1. The number of anilines is 1. The quantitative estimate of drug-likeness (QED) is 0.886. The van der Waals surface area contributed by atoms with E-state index in [0.717, 1.165) is 5.69 Å². The fourth-order valence-corrected chi connectivity index (χ4v) is 1.71. The van der Waals surface area contributed by atoms with Crippen molar-refractivity contribution < 1.29 is 9.90 Å². The Kier molecular flexibility index (Phi) is 3.80. The fraction of sp³-hybridized carbons (Fsp3) is 0.200. The second-order valence-electron chi connectivity index (χ2n) is 4.66. The molecule has 0 aliphatic rings. The summed E-state index contributed by atoms with van der Waals surface area (Å²) in [6, 6.07) is 9.08. The minimum Gasteiger partial charge on any atom is -0.506 e. The Labute approximate surface area is 112 Å². The van der Waals surface area contributed by atoms with Gasteiger partial charge in [0.15, 0.2) is 0 Å². The highest BCUT2D eigenvalue weighted by molar-refractivity contribution is 6.04. The van der Waals surface area contributed by atoms with Crippen molar-refractivity contribution in [3.8, 4) is 5.75 Å². The molecule has 0 atom stereocenters. The van der Waals surface area contributed by atoms with Crippen molar-refractivity contribution in [2.75, 3.05) is 5.32 Å². The molecule has 1 aromatic carbocycles. The smallest absolute Gasteiger partial charge is 0.257 e. The van der Waals surface area contributed by atoms with Crippen LogP contribution in [0.2, 0.25) is 0 Å². The second kappa shape index (κ2) is 5.52. The van der Waals surface area contributed by atoms with Crippen LogP contribution in [0.5, 0.6) is 5.75 Å². The predicted molar refractivity (Wildman–Crippen MR) is 74.4 cm³/mol. The number of rotatable bonds is 3. The Balaban J connectivity index is 2.10. The van der Waals surface area contributed by atoms with Gasteiger partial charge in [0.2, 0.25) is 0 Å². The third-order valence-electron chi connectivity index (χ3n) is 2.82. The van der Waals surface area contributed by atoms with Crippen LogP contribution in [0.1, 0.15) is 35.7 Å². The van der Waals surface area contributed by atoms with Gasteiger partial charge in [-0.05, 0) is 29.7 Å². The summed E-state index contributed by atoms with van der Waals surface area (Å²) in [7, 11) is 0. The molecule has 98 valence electrons. The lowest BCUT2D eigenvalue weighted by Gasteiger charge is -2.08. The number of carbonyl (C=O) groups is 1. The fourth-order valence-electron chi connectivity index (χ4n) is 1.71. The number of carbonyl (C=O) groups excluding carboxylic acids is 1. The first-order chi connectivity index (χ1) is 9.06. The molecule has 2 N–H and O–H groups in total. The third kappa shape index (κ3) is 3.31. The number of nitrogens with zero attached hydrogens (tertiary/aromatic N) is 1. The first-order valence-corrected chi connectivity index (χ1v) is 6.11. The van der Waals surface area contributed by atoms with Gasteiger partial charge in [0.05, 0.1) is 11.8 Å². The molecule has 0 saturated heterocycles. The monoisotopic (exact) mass is 256 g/mol.